The van der Waals surface area contributed by atoms with E-state index in [4.69, 9.17) is 0 Å². The van der Waals surface area contributed by atoms with Crippen molar-refractivity contribution in [2.24, 2.45) is 0 Å². The maximum Gasteiger partial charge on any atom is 0.416 e. The monoisotopic (exact) mass is 477 g/mol. The highest BCUT2D eigenvalue weighted by atomic mass is 19.4. The molecule has 0 fully saturated rings. The summed E-state index contributed by atoms with van der Waals surface area (Å²) < 4.78 is 68.3. The zero-order valence-electron chi connectivity index (χ0n) is 17.5. The van der Waals surface area contributed by atoms with E-state index in [-0.39, 0.29) is 23.6 Å². The number of phenolic OH excluding ortho intramolecular Hbond substituents is 1. The number of carbonyl (C=O) groups excluding carboxylic acids is 2. The molecule has 0 saturated carbocycles. The van der Waals surface area contributed by atoms with Gasteiger partial charge in [0.2, 0.25) is 0 Å². The predicted octanol–water partition coefficient (Wildman–Crippen LogP) is 6.41. The standard InChI is InChI=1S/C23H16F5N3O3/c1-2-29-17-9-8-13(23(26,27)28)10-18(17)30(14-6-4-3-5-7-14)22(34)31(21(29)33)15-11-16(24)20(25)19(32)12-15/h3-12,32H,2H2,1H3. The first-order valence-electron chi connectivity index (χ1n) is 9.94. The maximum absolute atomic E-state index is 14.1. The first-order chi connectivity index (χ1) is 16.0. The summed E-state index contributed by atoms with van der Waals surface area (Å²) in [7, 11) is 0. The van der Waals surface area contributed by atoms with Gasteiger partial charge in [0.05, 0.1) is 28.3 Å². The number of halogens is 5. The van der Waals surface area contributed by atoms with E-state index in [1.165, 1.54) is 31.2 Å². The van der Waals surface area contributed by atoms with Gasteiger partial charge in [0.1, 0.15) is 0 Å². The van der Waals surface area contributed by atoms with Crippen LogP contribution in [0, 0.1) is 11.6 Å². The van der Waals surface area contributed by atoms with Crippen LogP contribution in [0.1, 0.15) is 12.5 Å². The third-order valence-electron chi connectivity index (χ3n) is 5.22. The Morgan fingerprint density at radius 2 is 1.50 bits per heavy atom. The number of alkyl halides is 3. The van der Waals surface area contributed by atoms with E-state index in [0.29, 0.717) is 17.0 Å². The van der Waals surface area contributed by atoms with Crippen molar-refractivity contribution in [1.29, 1.82) is 0 Å². The van der Waals surface area contributed by atoms with Crippen molar-refractivity contribution in [3.8, 4) is 5.75 Å². The smallest absolute Gasteiger partial charge is 0.416 e. The fraction of sp³-hybridized carbons (Fsp3) is 0.130. The number of benzene rings is 3. The van der Waals surface area contributed by atoms with Gasteiger partial charge in [-0.25, -0.2) is 18.9 Å². The minimum Gasteiger partial charge on any atom is -0.505 e. The fourth-order valence-corrected chi connectivity index (χ4v) is 3.66. The first-order valence-corrected chi connectivity index (χ1v) is 9.94. The zero-order valence-corrected chi connectivity index (χ0v) is 17.5. The van der Waals surface area contributed by atoms with Crippen LogP contribution in [0.3, 0.4) is 0 Å². The lowest BCUT2D eigenvalue weighted by Crippen LogP contribution is -2.48. The van der Waals surface area contributed by atoms with E-state index >= 15 is 0 Å². The van der Waals surface area contributed by atoms with Crippen LogP contribution in [-0.2, 0) is 6.18 Å². The molecule has 1 N–H and O–H groups in total. The third kappa shape index (κ3) is 3.78. The highest BCUT2D eigenvalue weighted by Crippen LogP contribution is 2.43. The van der Waals surface area contributed by atoms with Crippen LogP contribution in [0.15, 0.2) is 60.7 Å². The fourth-order valence-electron chi connectivity index (χ4n) is 3.66. The second kappa shape index (κ2) is 8.32. The van der Waals surface area contributed by atoms with Crippen molar-refractivity contribution in [2.45, 2.75) is 13.1 Å². The van der Waals surface area contributed by atoms with Gasteiger partial charge in [-0.1, -0.05) is 18.2 Å². The molecule has 0 aromatic heterocycles. The summed E-state index contributed by atoms with van der Waals surface area (Å²) in [5.41, 5.74) is -1.68. The Morgan fingerprint density at radius 1 is 0.824 bits per heavy atom. The Bertz CT molecular complexity index is 1260. The maximum atomic E-state index is 14.1. The lowest BCUT2D eigenvalue weighted by Gasteiger charge is -2.27. The zero-order chi connectivity index (χ0) is 24.8. The van der Waals surface area contributed by atoms with Gasteiger partial charge in [-0.15, -0.1) is 0 Å². The van der Waals surface area contributed by atoms with Gasteiger partial charge in [-0.05, 0) is 37.3 Å². The molecule has 4 amide bonds. The molecule has 1 aliphatic heterocycles. The Labute approximate surface area is 190 Å². The van der Waals surface area contributed by atoms with Crippen molar-refractivity contribution >= 4 is 34.8 Å². The van der Waals surface area contributed by atoms with Crippen molar-refractivity contribution in [1.82, 2.24) is 0 Å². The van der Waals surface area contributed by atoms with Crippen molar-refractivity contribution in [3.63, 3.8) is 0 Å². The second-order valence-electron chi connectivity index (χ2n) is 7.28. The number of phenols is 1. The summed E-state index contributed by atoms with van der Waals surface area (Å²) in [4.78, 5) is 29.4. The number of amides is 4. The van der Waals surface area contributed by atoms with Crippen LogP contribution in [0.25, 0.3) is 0 Å². The Kier molecular flexibility index (Phi) is 5.64. The molecule has 0 aliphatic carbocycles. The number of imide groups is 1. The van der Waals surface area contributed by atoms with Gasteiger partial charge in [0.15, 0.2) is 17.4 Å². The largest absolute Gasteiger partial charge is 0.505 e. The summed E-state index contributed by atoms with van der Waals surface area (Å²) in [6.45, 7) is 1.46. The molecule has 4 rings (SSSR count). The number of hydrogen-bond donors (Lipinski definition) is 1. The topological polar surface area (TPSA) is 64.1 Å². The van der Waals surface area contributed by atoms with E-state index in [9.17, 15) is 36.6 Å². The Balaban J connectivity index is 2.01. The average Bonchev–Trinajstić information content (AvgIpc) is 2.87. The Morgan fingerprint density at radius 3 is 2.09 bits per heavy atom. The molecule has 0 unspecified atom stereocenters. The molecule has 0 saturated heterocycles. The van der Waals surface area contributed by atoms with Crippen LogP contribution >= 0.6 is 0 Å². The van der Waals surface area contributed by atoms with E-state index in [0.717, 1.165) is 28.0 Å². The van der Waals surface area contributed by atoms with Gasteiger partial charge in [0.25, 0.3) is 0 Å². The number of para-hydroxylation sites is 1. The van der Waals surface area contributed by atoms with Crippen LogP contribution in [-0.4, -0.2) is 23.7 Å². The Hall–Kier alpha value is -4.15. The quantitative estimate of drug-likeness (QED) is 0.443. The number of rotatable bonds is 3. The molecule has 0 bridgehead atoms. The lowest BCUT2D eigenvalue weighted by atomic mass is 10.1. The van der Waals surface area contributed by atoms with Gasteiger partial charge in [-0.2, -0.15) is 17.6 Å². The lowest BCUT2D eigenvalue weighted by molar-refractivity contribution is -0.137. The summed E-state index contributed by atoms with van der Waals surface area (Å²) >= 11 is 0. The van der Waals surface area contributed by atoms with Crippen LogP contribution in [0.2, 0.25) is 0 Å². The molecule has 11 heteroatoms. The van der Waals surface area contributed by atoms with Crippen LogP contribution in [0.4, 0.5) is 54.3 Å². The highest BCUT2D eigenvalue weighted by Gasteiger charge is 2.41. The number of hydrogen-bond acceptors (Lipinski definition) is 3. The normalized spacial score (nSPS) is 14.4. The highest BCUT2D eigenvalue weighted by molar-refractivity contribution is 6.28. The number of aromatic hydroxyl groups is 1. The van der Waals surface area contributed by atoms with Crippen molar-refractivity contribution < 1.29 is 36.6 Å². The SMILES string of the molecule is CCN1C(=O)N(c2cc(O)c(F)c(F)c2)C(=O)N(c2ccccc2)c2cc(C(F)(F)F)ccc21. The minimum atomic E-state index is -4.74. The second-order valence-corrected chi connectivity index (χ2v) is 7.28. The number of fused-ring (bicyclic) bond motifs is 1. The predicted molar refractivity (Wildman–Crippen MR) is 114 cm³/mol. The van der Waals surface area contributed by atoms with E-state index < -0.39 is 46.9 Å². The van der Waals surface area contributed by atoms with Crippen molar-refractivity contribution in [2.75, 3.05) is 21.2 Å². The van der Waals surface area contributed by atoms with Crippen molar-refractivity contribution in [3.05, 3.63) is 77.9 Å². The summed E-state index contributed by atoms with van der Waals surface area (Å²) in [6, 6.07) is 9.19. The molecule has 0 atom stereocenters. The molecule has 0 radical (unpaired) electrons. The molecule has 1 heterocycles. The van der Waals surface area contributed by atoms with Gasteiger partial charge < -0.3 is 5.11 Å². The molecule has 3 aromatic rings. The first kappa shape index (κ1) is 23.0. The third-order valence-corrected chi connectivity index (χ3v) is 5.22. The number of carbonyl (C=O) groups is 2. The van der Waals surface area contributed by atoms with Gasteiger partial charge in [0, 0.05) is 18.7 Å². The van der Waals surface area contributed by atoms with E-state index in [1.54, 1.807) is 6.07 Å². The van der Waals surface area contributed by atoms with E-state index in [2.05, 4.69) is 0 Å². The van der Waals surface area contributed by atoms with Crippen LogP contribution < -0.4 is 14.7 Å². The minimum absolute atomic E-state index is 0.00740. The van der Waals surface area contributed by atoms with Gasteiger partial charge in [-0.3, -0.25) is 9.80 Å². The molecule has 6 nitrogen and oxygen atoms in total. The summed E-state index contributed by atoms with van der Waals surface area (Å²) in [5.74, 6) is -4.25. The summed E-state index contributed by atoms with van der Waals surface area (Å²) in [5, 5.41) is 9.74. The molecule has 3 aromatic carbocycles. The molecular weight excluding hydrogens is 461 g/mol. The molecule has 1 aliphatic rings. The molecule has 0 spiro atoms. The van der Waals surface area contributed by atoms with Crippen LogP contribution in [0.5, 0.6) is 5.75 Å². The molecule has 176 valence electrons. The van der Waals surface area contributed by atoms with E-state index in [1.807, 2.05) is 0 Å². The molecule has 34 heavy (non-hydrogen) atoms. The van der Waals surface area contributed by atoms with Gasteiger partial charge >= 0.3 is 18.2 Å². The number of nitrogens with zero attached hydrogens (tertiary/aromatic N) is 3. The summed E-state index contributed by atoms with van der Waals surface area (Å²) in [6.07, 6.45) is -4.74. The average molecular weight is 477 g/mol. The number of anilines is 4. The molecular formula is C23H16F5N3O3. The number of urea groups is 2.